The molecule has 1 heterocycles. The lowest BCUT2D eigenvalue weighted by Crippen LogP contribution is -2.11. The number of carbonyl (C=O) groups is 1. The number of hydrogen-bond donors (Lipinski definition) is 0. The number of nitrogens with zero attached hydrogens (tertiary/aromatic N) is 3. The van der Waals surface area contributed by atoms with Gasteiger partial charge in [0.05, 0.1) is 21.3 Å². The number of rotatable bonds is 6. The van der Waals surface area contributed by atoms with Crippen LogP contribution in [-0.2, 0) is 0 Å². The molecule has 2 aromatic carbocycles. The second-order valence-electron chi connectivity index (χ2n) is 5.38. The highest BCUT2D eigenvalue weighted by Gasteiger charge is 2.23. The molecule has 0 radical (unpaired) electrons. The van der Waals surface area contributed by atoms with Crippen molar-refractivity contribution in [2.75, 3.05) is 21.3 Å². The molecule has 27 heavy (non-hydrogen) atoms. The summed E-state index contributed by atoms with van der Waals surface area (Å²) < 4.78 is 16.3. The van der Waals surface area contributed by atoms with E-state index in [4.69, 9.17) is 14.2 Å². The van der Waals surface area contributed by atoms with Crippen molar-refractivity contribution in [1.82, 2.24) is 15.2 Å². The van der Waals surface area contributed by atoms with Gasteiger partial charge in [-0.15, -0.1) is 10.2 Å². The fourth-order valence-electron chi connectivity index (χ4n) is 2.46. The Morgan fingerprint density at radius 3 is 2.22 bits per heavy atom. The number of aromatic nitrogens is 3. The van der Waals surface area contributed by atoms with Gasteiger partial charge in [-0.1, -0.05) is 30.3 Å². The maximum absolute atomic E-state index is 13.0. The highest BCUT2D eigenvalue weighted by Crippen LogP contribution is 2.35. The van der Waals surface area contributed by atoms with E-state index < -0.39 is 5.78 Å². The standard InChI is InChI=1S/C19H16BrN3O4/c1-25-14-9-12(13(20)10-15(14)26-2)17(24)16-19(27-3)21-18(23-22-16)11-7-5-4-6-8-11/h4-10H,1-3H3. The highest BCUT2D eigenvalue weighted by molar-refractivity contribution is 9.10. The van der Waals surface area contributed by atoms with Gasteiger partial charge in [-0.25, -0.2) is 0 Å². The van der Waals surface area contributed by atoms with Gasteiger partial charge in [0.25, 0.3) is 0 Å². The lowest BCUT2D eigenvalue weighted by molar-refractivity contribution is 0.102. The fraction of sp³-hybridized carbons (Fsp3) is 0.158. The van der Waals surface area contributed by atoms with E-state index in [2.05, 4.69) is 31.1 Å². The molecular formula is C19H16BrN3O4. The third-order valence-corrected chi connectivity index (χ3v) is 4.47. The molecule has 1 aromatic heterocycles. The Hall–Kier alpha value is -3.00. The van der Waals surface area contributed by atoms with Gasteiger partial charge in [0.1, 0.15) is 0 Å². The van der Waals surface area contributed by atoms with Crippen molar-refractivity contribution in [2.24, 2.45) is 0 Å². The smallest absolute Gasteiger partial charge is 0.247 e. The number of ketones is 1. The Balaban J connectivity index is 2.05. The van der Waals surface area contributed by atoms with Gasteiger partial charge >= 0.3 is 0 Å². The maximum atomic E-state index is 13.0. The molecule has 0 bridgehead atoms. The van der Waals surface area contributed by atoms with Crippen LogP contribution in [0, 0.1) is 0 Å². The molecule has 0 atom stereocenters. The molecule has 0 saturated heterocycles. The zero-order valence-corrected chi connectivity index (χ0v) is 16.5. The number of ether oxygens (including phenoxy) is 3. The van der Waals surface area contributed by atoms with E-state index >= 15 is 0 Å². The van der Waals surface area contributed by atoms with E-state index in [1.165, 1.54) is 21.3 Å². The summed E-state index contributed by atoms with van der Waals surface area (Å²) in [4.78, 5) is 17.3. The van der Waals surface area contributed by atoms with Gasteiger partial charge in [-0.2, -0.15) is 4.98 Å². The number of carbonyl (C=O) groups excluding carboxylic acids is 1. The van der Waals surface area contributed by atoms with Crippen LogP contribution in [0.4, 0.5) is 0 Å². The summed E-state index contributed by atoms with van der Waals surface area (Å²) in [6.07, 6.45) is 0. The summed E-state index contributed by atoms with van der Waals surface area (Å²) in [6, 6.07) is 12.5. The Bertz CT molecular complexity index is 980. The minimum absolute atomic E-state index is 0.00472. The predicted molar refractivity (Wildman–Crippen MR) is 102 cm³/mol. The first-order valence-corrected chi connectivity index (χ1v) is 8.68. The van der Waals surface area contributed by atoms with Crippen molar-refractivity contribution in [3.8, 4) is 28.8 Å². The molecule has 0 aliphatic rings. The van der Waals surface area contributed by atoms with Crippen molar-refractivity contribution in [2.45, 2.75) is 0 Å². The average Bonchev–Trinajstić information content (AvgIpc) is 2.73. The van der Waals surface area contributed by atoms with Gasteiger partial charge in [0.15, 0.2) is 23.0 Å². The lowest BCUT2D eigenvalue weighted by atomic mass is 10.1. The molecule has 0 fully saturated rings. The van der Waals surface area contributed by atoms with E-state index in [1.54, 1.807) is 12.1 Å². The molecule has 0 amide bonds. The second kappa shape index (κ2) is 8.13. The van der Waals surface area contributed by atoms with Crippen molar-refractivity contribution < 1.29 is 19.0 Å². The van der Waals surface area contributed by atoms with Crippen LogP contribution >= 0.6 is 15.9 Å². The molecule has 7 nitrogen and oxygen atoms in total. The number of methoxy groups -OCH3 is 3. The van der Waals surface area contributed by atoms with Crippen LogP contribution < -0.4 is 14.2 Å². The first-order chi connectivity index (χ1) is 13.1. The second-order valence-corrected chi connectivity index (χ2v) is 6.23. The van der Waals surface area contributed by atoms with Crippen molar-refractivity contribution >= 4 is 21.7 Å². The SMILES string of the molecule is COc1cc(Br)c(C(=O)c2nnc(-c3ccccc3)nc2OC)cc1OC. The summed E-state index contributed by atoms with van der Waals surface area (Å²) in [7, 11) is 4.45. The molecule has 0 saturated carbocycles. The summed E-state index contributed by atoms with van der Waals surface area (Å²) in [5, 5.41) is 8.14. The fourth-order valence-corrected chi connectivity index (χ4v) is 2.96. The first kappa shape index (κ1) is 18.8. The Morgan fingerprint density at radius 1 is 0.926 bits per heavy atom. The van der Waals surface area contributed by atoms with E-state index in [9.17, 15) is 4.79 Å². The molecule has 3 aromatic rings. The zero-order chi connectivity index (χ0) is 19.4. The molecule has 0 unspecified atom stereocenters. The molecule has 0 aliphatic heterocycles. The van der Waals surface area contributed by atoms with Crippen molar-refractivity contribution in [1.29, 1.82) is 0 Å². The zero-order valence-electron chi connectivity index (χ0n) is 14.9. The summed E-state index contributed by atoms with van der Waals surface area (Å²) in [5.41, 5.74) is 1.11. The minimum atomic E-state index is -0.403. The maximum Gasteiger partial charge on any atom is 0.247 e. The van der Waals surface area contributed by atoms with Crippen LogP contribution in [0.2, 0.25) is 0 Å². The predicted octanol–water partition coefficient (Wildman–Crippen LogP) is 3.56. The van der Waals surface area contributed by atoms with Crippen LogP contribution in [0.1, 0.15) is 16.1 Å². The van der Waals surface area contributed by atoms with Gasteiger partial charge in [-0.3, -0.25) is 4.79 Å². The highest BCUT2D eigenvalue weighted by atomic mass is 79.9. The van der Waals surface area contributed by atoms with Crippen LogP contribution in [0.3, 0.4) is 0 Å². The largest absolute Gasteiger partial charge is 0.493 e. The van der Waals surface area contributed by atoms with Crippen LogP contribution in [-0.4, -0.2) is 42.3 Å². The Morgan fingerprint density at radius 2 is 1.59 bits per heavy atom. The first-order valence-electron chi connectivity index (χ1n) is 7.89. The van der Waals surface area contributed by atoms with Gasteiger partial charge in [0.2, 0.25) is 11.7 Å². The van der Waals surface area contributed by atoms with Crippen molar-refractivity contribution in [3.63, 3.8) is 0 Å². The van der Waals surface area contributed by atoms with E-state index in [0.29, 0.717) is 27.4 Å². The molecule has 0 spiro atoms. The molecule has 8 heteroatoms. The van der Waals surface area contributed by atoms with Crippen LogP contribution in [0.25, 0.3) is 11.4 Å². The summed E-state index contributed by atoms with van der Waals surface area (Å²) >= 11 is 3.38. The molecule has 138 valence electrons. The van der Waals surface area contributed by atoms with E-state index in [1.807, 2.05) is 30.3 Å². The minimum Gasteiger partial charge on any atom is -0.493 e. The Labute approximate surface area is 164 Å². The number of hydrogen-bond acceptors (Lipinski definition) is 7. The number of benzene rings is 2. The van der Waals surface area contributed by atoms with Gasteiger partial charge in [0, 0.05) is 15.6 Å². The molecule has 0 aliphatic carbocycles. The number of halogens is 1. The van der Waals surface area contributed by atoms with Gasteiger partial charge < -0.3 is 14.2 Å². The quantitative estimate of drug-likeness (QED) is 0.553. The summed E-state index contributed by atoms with van der Waals surface area (Å²) in [5.74, 6) is 0.978. The van der Waals surface area contributed by atoms with Crippen molar-refractivity contribution in [3.05, 3.63) is 58.2 Å². The van der Waals surface area contributed by atoms with E-state index in [0.717, 1.165) is 5.56 Å². The summed E-state index contributed by atoms with van der Waals surface area (Å²) in [6.45, 7) is 0. The monoisotopic (exact) mass is 429 g/mol. The third-order valence-electron chi connectivity index (χ3n) is 3.81. The molecular weight excluding hydrogens is 414 g/mol. The molecule has 0 N–H and O–H groups in total. The van der Waals surface area contributed by atoms with Gasteiger partial charge in [-0.05, 0) is 28.1 Å². The lowest BCUT2D eigenvalue weighted by Gasteiger charge is -2.12. The van der Waals surface area contributed by atoms with Crippen LogP contribution in [0.15, 0.2) is 46.9 Å². The average molecular weight is 430 g/mol. The van der Waals surface area contributed by atoms with E-state index in [-0.39, 0.29) is 11.6 Å². The normalized spacial score (nSPS) is 10.4. The topological polar surface area (TPSA) is 83.4 Å². The Kier molecular flexibility index (Phi) is 5.66. The molecule has 3 rings (SSSR count). The van der Waals surface area contributed by atoms with Crippen LogP contribution in [0.5, 0.6) is 17.4 Å². The third kappa shape index (κ3) is 3.75.